The molecule has 2 N–H and O–H groups in total. The van der Waals surface area contributed by atoms with Crippen LogP contribution in [-0.4, -0.2) is 78.9 Å². The molecule has 3 aromatic heterocycles. The molecule has 0 unspecified atom stereocenters. The van der Waals surface area contributed by atoms with Gasteiger partial charge in [-0.25, -0.2) is 19.4 Å². The molecule has 13 nitrogen and oxygen atoms in total. The number of esters is 1. The molecule has 0 spiro atoms. The molecule has 0 saturated carbocycles. The predicted octanol–water partition coefficient (Wildman–Crippen LogP) is -0.479. The Bertz CT molecular complexity index is 964. The number of ether oxygens (including phenoxy) is 1. The van der Waals surface area contributed by atoms with Gasteiger partial charge in [0.2, 0.25) is 17.6 Å². The molecule has 4 rings (SSSR count). The first kappa shape index (κ1) is 18.7. The van der Waals surface area contributed by atoms with Gasteiger partial charge in [-0.2, -0.15) is 4.68 Å². The van der Waals surface area contributed by atoms with E-state index in [1.165, 1.54) is 4.68 Å². The number of hydrogen-bond donors (Lipinski definition) is 1. The van der Waals surface area contributed by atoms with E-state index in [0.29, 0.717) is 18.2 Å². The first-order valence-electron chi connectivity index (χ1n) is 9.11. The van der Waals surface area contributed by atoms with Crippen LogP contribution in [0, 0.1) is 0 Å². The van der Waals surface area contributed by atoms with E-state index in [1.54, 1.807) is 25.4 Å². The van der Waals surface area contributed by atoms with E-state index in [-0.39, 0.29) is 23.9 Å². The number of carbonyl (C=O) groups excluding carboxylic acids is 1. The smallest absolute Gasteiger partial charge is 0.360 e. The zero-order valence-corrected chi connectivity index (χ0v) is 15.8. The maximum atomic E-state index is 12.3. The summed E-state index contributed by atoms with van der Waals surface area (Å²) in [5, 5.41) is 15.3. The summed E-state index contributed by atoms with van der Waals surface area (Å²) < 4.78 is 11.1. The lowest BCUT2D eigenvalue weighted by Gasteiger charge is -2.34. The van der Waals surface area contributed by atoms with Crippen molar-refractivity contribution < 1.29 is 14.2 Å². The van der Waals surface area contributed by atoms with Crippen LogP contribution in [0.5, 0.6) is 0 Å². The van der Waals surface area contributed by atoms with Crippen LogP contribution in [0.2, 0.25) is 0 Å². The second-order valence-electron chi connectivity index (χ2n) is 6.30. The molecule has 0 atom stereocenters. The average Bonchev–Trinajstić information content (AvgIpc) is 3.35. The first-order chi connectivity index (χ1) is 14.2. The SMILES string of the molecule is CCOC(=O)c1nnn(-c2nonc2N)c1CN1CCN(c2ncccn2)CC1. The molecule has 0 bridgehead atoms. The minimum Gasteiger partial charge on any atom is -0.461 e. The Labute approximate surface area is 165 Å². The molecule has 1 fully saturated rings. The molecule has 0 aromatic carbocycles. The number of hydrogen-bond acceptors (Lipinski definition) is 12. The number of piperazine rings is 1. The van der Waals surface area contributed by atoms with Gasteiger partial charge in [0.15, 0.2) is 5.69 Å². The third kappa shape index (κ3) is 3.85. The fraction of sp³-hybridized carbons (Fsp3) is 0.438. The molecule has 4 heterocycles. The van der Waals surface area contributed by atoms with Crippen molar-refractivity contribution in [2.24, 2.45) is 0 Å². The van der Waals surface area contributed by atoms with Gasteiger partial charge in [-0.1, -0.05) is 5.21 Å². The molecule has 3 aromatic rings. The Morgan fingerprint density at radius 1 is 1.21 bits per heavy atom. The van der Waals surface area contributed by atoms with Crippen LogP contribution in [-0.2, 0) is 11.3 Å². The van der Waals surface area contributed by atoms with Gasteiger partial charge >= 0.3 is 5.97 Å². The summed E-state index contributed by atoms with van der Waals surface area (Å²) in [5.74, 6) is 0.379. The molecule has 1 saturated heterocycles. The van der Waals surface area contributed by atoms with Crippen molar-refractivity contribution >= 4 is 17.7 Å². The molecule has 1 aliphatic heterocycles. The monoisotopic (exact) mass is 400 g/mol. The van der Waals surface area contributed by atoms with Crippen LogP contribution in [0.15, 0.2) is 23.1 Å². The van der Waals surface area contributed by atoms with Gasteiger partial charge < -0.3 is 15.4 Å². The van der Waals surface area contributed by atoms with Gasteiger partial charge in [-0.15, -0.1) is 5.10 Å². The van der Waals surface area contributed by atoms with Gasteiger partial charge in [-0.05, 0) is 23.3 Å². The van der Waals surface area contributed by atoms with E-state index < -0.39 is 5.97 Å². The summed E-state index contributed by atoms with van der Waals surface area (Å²) in [6.07, 6.45) is 3.45. The van der Waals surface area contributed by atoms with Crippen LogP contribution in [0.25, 0.3) is 5.82 Å². The number of nitrogen functional groups attached to an aromatic ring is 1. The third-order valence-corrected chi connectivity index (χ3v) is 4.51. The van der Waals surface area contributed by atoms with E-state index in [1.807, 2.05) is 0 Å². The van der Waals surface area contributed by atoms with Crippen LogP contribution in [0.4, 0.5) is 11.8 Å². The van der Waals surface area contributed by atoms with E-state index in [4.69, 9.17) is 10.5 Å². The highest BCUT2D eigenvalue weighted by molar-refractivity contribution is 5.88. The molecular formula is C16H20N10O3. The fourth-order valence-corrected chi connectivity index (χ4v) is 3.08. The summed E-state index contributed by atoms with van der Waals surface area (Å²) in [6.45, 7) is 5.32. The Hall–Kier alpha value is -3.61. The Kier molecular flexibility index (Phi) is 5.29. The number of rotatable bonds is 6. The lowest BCUT2D eigenvalue weighted by atomic mass is 10.2. The number of nitrogens with zero attached hydrogens (tertiary/aromatic N) is 9. The van der Waals surface area contributed by atoms with Gasteiger partial charge in [0.1, 0.15) is 0 Å². The zero-order valence-electron chi connectivity index (χ0n) is 15.8. The van der Waals surface area contributed by atoms with E-state index in [9.17, 15) is 4.79 Å². The van der Waals surface area contributed by atoms with Crippen molar-refractivity contribution in [1.82, 2.24) is 40.2 Å². The molecule has 0 radical (unpaired) electrons. The second-order valence-corrected chi connectivity index (χ2v) is 6.30. The predicted molar refractivity (Wildman–Crippen MR) is 99.1 cm³/mol. The van der Waals surface area contributed by atoms with Crippen LogP contribution >= 0.6 is 0 Å². The zero-order chi connectivity index (χ0) is 20.2. The second kappa shape index (κ2) is 8.18. The minimum atomic E-state index is -0.555. The van der Waals surface area contributed by atoms with E-state index in [0.717, 1.165) is 26.2 Å². The molecule has 0 amide bonds. The maximum Gasteiger partial charge on any atom is 0.360 e. The van der Waals surface area contributed by atoms with Crippen LogP contribution in [0.1, 0.15) is 23.1 Å². The summed E-state index contributed by atoms with van der Waals surface area (Å²) in [7, 11) is 0. The fourth-order valence-electron chi connectivity index (χ4n) is 3.08. The van der Waals surface area contributed by atoms with Gasteiger partial charge in [0, 0.05) is 45.1 Å². The van der Waals surface area contributed by atoms with Crippen molar-refractivity contribution in [1.29, 1.82) is 0 Å². The van der Waals surface area contributed by atoms with Crippen LogP contribution < -0.4 is 10.6 Å². The number of aromatic nitrogens is 7. The largest absolute Gasteiger partial charge is 0.461 e. The first-order valence-corrected chi connectivity index (χ1v) is 9.11. The quantitative estimate of drug-likeness (QED) is 0.531. The molecule has 13 heteroatoms. The molecular weight excluding hydrogens is 380 g/mol. The molecule has 29 heavy (non-hydrogen) atoms. The number of nitrogens with two attached hydrogens (primary N) is 1. The third-order valence-electron chi connectivity index (χ3n) is 4.51. The minimum absolute atomic E-state index is 0.0533. The molecule has 1 aliphatic rings. The van der Waals surface area contributed by atoms with Gasteiger partial charge in [0.05, 0.1) is 12.3 Å². The maximum absolute atomic E-state index is 12.3. The normalized spacial score (nSPS) is 14.9. The summed E-state index contributed by atoms with van der Waals surface area (Å²) >= 11 is 0. The summed E-state index contributed by atoms with van der Waals surface area (Å²) in [4.78, 5) is 25.2. The average molecular weight is 400 g/mol. The molecule has 152 valence electrons. The van der Waals surface area contributed by atoms with Crippen molar-refractivity contribution in [3.05, 3.63) is 29.8 Å². The van der Waals surface area contributed by atoms with Crippen LogP contribution in [0.3, 0.4) is 0 Å². The van der Waals surface area contributed by atoms with Gasteiger partial charge in [0.25, 0.3) is 0 Å². The van der Waals surface area contributed by atoms with E-state index >= 15 is 0 Å². The lowest BCUT2D eigenvalue weighted by Crippen LogP contribution is -2.46. The highest BCUT2D eigenvalue weighted by Crippen LogP contribution is 2.19. The van der Waals surface area contributed by atoms with Gasteiger partial charge in [-0.3, -0.25) is 4.90 Å². The Morgan fingerprint density at radius 2 is 1.97 bits per heavy atom. The van der Waals surface area contributed by atoms with Crippen molar-refractivity contribution in [2.45, 2.75) is 13.5 Å². The molecule has 0 aliphatic carbocycles. The Balaban J connectivity index is 1.54. The summed E-state index contributed by atoms with van der Waals surface area (Å²) in [5.41, 5.74) is 6.42. The van der Waals surface area contributed by atoms with E-state index in [2.05, 4.69) is 45.0 Å². The van der Waals surface area contributed by atoms with Crippen molar-refractivity contribution in [3.63, 3.8) is 0 Å². The lowest BCUT2D eigenvalue weighted by molar-refractivity contribution is 0.0516. The number of anilines is 2. The highest BCUT2D eigenvalue weighted by Gasteiger charge is 2.28. The van der Waals surface area contributed by atoms with Crippen molar-refractivity contribution in [2.75, 3.05) is 43.4 Å². The standard InChI is InChI=1S/C16H20N10O3/c1-2-28-15(27)12-11(26(23-20-12)14-13(17)21-29-22-14)10-24-6-8-25(9-7-24)16-18-4-3-5-19-16/h3-5H,2,6-10H2,1H3,(H2,17,21). The highest BCUT2D eigenvalue weighted by atomic mass is 16.6. The topological polar surface area (TPSA) is 154 Å². The Morgan fingerprint density at radius 3 is 2.62 bits per heavy atom. The van der Waals surface area contributed by atoms with Crippen molar-refractivity contribution in [3.8, 4) is 5.82 Å². The number of carbonyl (C=O) groups is 1. The summed E-state index contributed by atoms with van der Waals surface area (Å²) in [6, 6.07) is 1.79.